The highest BCUT2D eigenvalue weighted by molar-refractivity contribution is 5.85. The van der Waals surface area contributed by atoms with Gasteiger partial charge in [-0.05, 0) is 25.3 Å². The number of halogens is 1. The Kier molecular flexibility index (Phi) is 4.19. The molecule has 3 heterocycles. The van der Waals surface area contributed by atoms with Gasteiger partial charge >= 0.3 is 0 Å². The lowest BCUT2D eigenvalue weighted by Crippen LogP contribution is -2.38. The summed E-state index contributed by atoms with van der Waals surface area (Å²) < 4.78 is 5.96. The third-order valence-corrected chi connectivity index (χ3v) is 5.47. The Morgan fingerprint density at radius 3 is 2.27 bits per heavy atom. The fourth-order valence-corrected chi connectivity index (χ4v) is 4.25. The van der Waals surface area contributed by atoms with Gasteiger partial charge in [0.1, 0.15) is 6.04 Å². The Hall–Kier alpha value is -1.10. The number of carbonyl (C=O) groups excluding carboxylic acids is 1. The monoisotopic (exact) mass is 322 g/mol. The molecule has 2 N–H and O–H groups in total. The summed E-state index contributed by atoms with van der Waals surface area (Å²) >= 11 is 0. The molecule has 0 spiro atoms. The topological polar surface area (TPSA) is 55.6 Å². The van der Waals surface area contributed by atoms with Gasteiger partial charge in [0.2, 0.25) is 5.91 Å². The molecule has 0 radical (unpaired) electrons. The Balaban J connectivity index is 0.00000144. The van der Waals surface area contributed by atoms with Gasteiger partial charge in [-0.1, -0.05) is 29.8 Å². The largest absolute Gasteiger partial charge is 0.374 e. The standard InChI is InChI=1S/C17H22N2O2.ClH/c1-10-2-4-11(5-3-10)16(18)17(20)19-8-12-13(9-19)15-7-6-14(12)21-15;/h2-5,12-16H,6-9,18H2,1H3;1H. The predicted molar refractivity (Wildman–Crippen MR) is 86.8 cm³/mol. The predicted octanol–water partition coefficient (Wildman–Crippen LogP) is 2.05. The molecule has 2 bridgehead atoms. The molecule has 1 amide bonds. The van der Waals surface area contributed by atoms with Gasteiger partial charge in [0, 0.05) is 24.9 Å². The van der Waals surface area contributed by atoms with Crippen molar-refractivity contribution in [2.75, 3.05) is 13.1 Å². The molecule has 5 heteroatoms. The zero-order chi connectivity index (χ0) is 14.6. The quantitative estimate of drug-likeness (QED) is 0.906. The smallest absolute Gasteiger partial charge is 0.244 e. The molecule has 3 fully saturated rings. The van der Waals surface area contributed by atoms with Gasteiger partial charge in [-0.25, -0.2) is 0 Å². The molecule has 4 nitrogen and oxygen atoms in total. The molecule has 0 aliphatic carbocycles. The fraction of sp³-hybridized carbons (Fsp3) is 0.588. The minimum absolute atomic E-state index is 0. The molecule has 4 rings (SSSR count). The van der Waals surface area contributed by atoms with Crippen LogP contribution in [0.25, 0.3) is 0 Å². The summed E-state index contributed by atoms with van der Waals surface area (Å²) in [7, 11) is 0. The first-order valence-corrected chi connectivity index (χ1v) is 7.90. The minimum Gasteiger partial charge on any atom is -0.374 e. The van der Waals surface area contributed by atoms with E-state index in [-0.39, 0.29) is 18.3 Å². The van der Waals surface area contributed by atoms with Crippen molar-refractivity contribution in [3.05, 3.63) is 35.4 Å². The van der Waals surface area contributed by atoms with E-state index < -0.39 is 6.04 Å². The molecule has 120 valence electrons. The van der Waals surface area contributed by atoms with Crippen LogP contribution in [-0.4, -0.2) is 36.1 Å². The zero-order valence-corrected chi connectivity index (χ0v) is 13.6. The maximum absolute atomic E-state index is 12.7. The first-order valence-electron chi connectivity index (χ1n) is 7.90. The third kappa shape index (κ3) is 2.43. The Labute approximate surface area is 137 Å². The highest BCUT2D eigenvalue weighted by Gasteiger charge is 2.54. The Morgan fingerprint density at radius 1 is 1.18 bits per heavy atom. The number of amides is 1. The average molecular weight is 323 g/mol. The summed E-state index contributed by atoms with van der Waals surface area (Å²) in [6.45, 7) is 3.68. The highest BCUT2D eigenvalue weighted by Crippen LogP contribution is 2.47. The van der Waals surface area contributed by atoms with Gasteiger partial charge in [0.15, 0.2) is 0 Å². The van der Waals surface area contributed by atoms with E-state index >= 15 is 0 Å². The molecule has 1 aromatic carbocycles. The lowest BCUT2D eigenvalue weighted by atomic mass is 9.82. The average Bonchev–Trinajstić information content (AvgIpc) is 3.18. The second-order valence-electron chi connectivity index (χ2n) is 6.75. The number of carbonyl (C=O) groups is 1. The lowest BCUT2D eigenvalue weighted by Gasteiger charge is -2.23. The van der Waals surface area contributed by atoms with E-state index in [4.69, 9.17) is 10.5 Å². The van der Waals surface area contributed by atoms with Crippen LogP contribution in [0.4, 0.5) is 0 Å². The van der Waals surface area contributed by atoms with Gasteiger partial charge in [0.05, 0.1) is 12.2 Å². The molecule has 1 aromatic rings. The van der Waals surface area contributed by atoms with E-state index in [1.807, 2.05) is 36.1 Å². The molecule has 3 saturated heterocycles. The summed E-state index contributed by atoms with van der Waals surface area (Å²) in [5.41, 5.74) is 8.27. The summed E-state index contributed by atoms with van der Waals surface area (Å²) in [5.74, 6) is 1.14. The van der Waals surface area contributed by atoms with Crippen molar-refractivity contribution in [2.45, 2.75) is 38.0 Å². The SMILES string of the molecule is Cc1ccc(C(N)C(=O)N2CC3C4CCC(O4)C3C2)cc1.Cl. The first kappa shape index (κ1) is 15.8. The zero-order valence-electron chi connectivity index (χ0n) is 12.8. The number of rotatable bonds is 2. The number of likely N-dealkylation sites (tertiary alicyclic amines) is 1. The maximum Gasteiger partial charge on any atom is 0.244 e. The van der Waals surface area contributed by atoms with E-state index in [0.717, 1.165) is 31.5 Å². The van der Waals surface area contributed by atoms with Crippen molar-refractivity contribution in [1.29, 1.82) is 0 Å². The molecule has 5 unspecified atom stereocenters. The summed E-state index contributed by atoms with van der Waals surface area (Å²) in [5, 5.41) is 0. The summed E-state index contributed by atoms with van der Waals surface area (Å²) in [6.07, 6.45) is 3.09. The van der Waals surface area contributed by atoms with Gasteiger partial charge in [0.25, 0.3) is 0 Å². The minimum atomic E-state index is -0.539. The number of nitrogens with two attached hydrogens (primary N) is 1. The van der Waals surface area contributed by atoms with Crippen molar-refractivity contribution in [2.24, 2.45) is 17.6 Å². The van der Waals surface area contributed by atoms with E-state index in [9.17, 15) is 4.79 Å². The van der Waals surface area contributed by atoms with Gasteiger partial charge in [-0.3, -0.25) is 4.79 Å². The third-order valence-electron chi connectivity index (χ3n) is 5.47. The Morgan fingerprint density at radius 2 is 1.73 bits per heavy atom. The molecule has 0 saturated carbocycles. The van der Waals surface area contributed by atoms with Crippen LogP contribution in [0.15, 0.2) is 24.3 Å². The summed E-state index contributed by atoms with van der Waals surface area (Å²) in [4.78, 5) is 14.6. The Bertz CT molecular complexity index is 544. The first-order chi connectivity index (χ1) is 10.1. The molecular weight excluding hydrogens is 300 g/mol. The van der Waals surface area contributed by atoms with Crippen molar-refractivity contribution in [1.82, 2.24) is 4.90 Å². The number of fused-ring (bicyclic) bond motifs is 5. The van der Waals surface area contributed by atoms with Crippen LogP contribution < -0.4 is 5.73 Å². The van der Waals surface area contributed by atoms with E-state index in [0.29, 0.717) is 24.0 Å². The number of hydrogen-bond donors (Lipinski definition) is 1. The second-order valence-corrected chi connectivity index (χ2v) is 6.75. The number of nitrogens with zero attached hydrogens (tertiary/aromatic N) is 1. The molecule has 0 aromatic heterocycles. The molecule has 22 heavy (non-hydrogen) atoms. The highest BCUT2D eigenvalue weighted by atomic mass is 35.5. The van der Waals surface area contributed by atoms with Crippen LogP contribution in [0.3, 0.4) is 0 Å². The molecular formula is C17H23ClN2O2. The lowest BCUT2D eigenvalue weighted by molar-refractivity contribution is -0.132. The normalized spacial score (nSPS) is 33.5. The fourth-order valence-electron chi connectivity index (χ4n) is 4.25. The van der Waals surface area contributed by atoms with Gasteiger partial charge in [-0.2, -0.15) is 0 Å². The maximum atomic E-state index is 12.7. The number of hydrogen-bond acceptors (Lipinski definition) is 3. The van der Waals surface area contributed by atoms with Crippen molar-refractivity contribution in [3.63, 3.8) is 0 Å². The number of aryl methyl sites for hydroxylation is 1. The van der Waals surface area contributed by atoms with Gasteiger partial charge in [-0.15, -0.1) is 12.4 Å². The molecule has 5 atom stereocenters. The van der Waals surface area contributed by atoms with E-state index in [2.05, 4.69) is 0 Å². The van der Waals surface area contributed by atoms with Crippen LogP contribution in [0.5, 0.6) is 0 Å². The van der Waals surface area contributed by atoms with Crippen LogP contribution >= 0.6 is 12.4 Å². The van der Waals surface area contributed by atoms with E-state index in [1.165, 1.54) is 5.56 Å². The van der Waals surface area contributed by atoms with Crippen LogP contribution in [-0.2, 0) is 9.53 Å². The molecule has 3 aliphatic heterocycles. The second kappa shape index (κ2) is 5.84. The van der Waals surface area contributed by atoms with Crippen LogP contribution in [0, 0.1) is 18.8 Å². The van der Waals surface area contributed by atoms with Crippen molar-refractivity contribution < 1.29 is 9.53 Å². The van der Waals surface area contributed by atoms with Crippen LogP contribution in [0.1, 0.15) is 30.0 Å². The number of ether oxygens (including phenoxy) is 1. The summed E-state index contributed by atoms with van der Waals surface area (Å²) in [6, 6.07) is 7.40. The van der Waals surface area contributed by atoms with Crippen molar-refractivity contribution in [3.8, 4) is 0 Å². The van der Waals surface area contributed by atoms with Crippen LogP contribution in [0.2, 0.25) is 0 Å². The number of benzene rings is 1. The van der Waals surface area contributed by atoms with Crippen molar-refractivity contribution >= 4 is 18.3 Å². The van der Waals surface area contributed by atoms with E-state index in [1.54, 1.807) is 0 Å². The van der Waals surface area contributed by atoms with Gasteiger partial charge < -0.3 is 15.4 Å². The molecule has 3 aliphatic rings.